The van der Waals surface area contributed by atoms with Crippen molar-refractivity contribution in [2.24, 2.45) is 0 Å². The summed E-state index contributed by atoms with van der Waals surface area (Å²) in [5.74, 6) is -0.235. The summed E-state index contributed by atoms with van der Waals surface area (Å²) in [5, 5.41) is 18.8. The van der Waals surface area contributed by atoms with Crippen molar-refractivity contribution >= 4 is 11.8 Å². The summed E-state index contributed by atoms with van der Waals surface area (Å²) in [6.07, 6.45) is 1.63. The summed E-state index contributed by atoms with van der Waals surface area (Å²) in [5.41, 5.74) is -0.296. The second-order valence-electron chi connectivity index (χ2n) is 4.72. The molecule has 1 saturated carbocycles. The molecule has 0 aliphatic heterocycles. The summed E-state index contributed by atoms with van der Waals surface area (Å²) >= 11 is 0. The van der Waals surface area contributed by atoms with Crippen molar-refractivity contribution in [2.45, 2.75) is 24.4 Å². The minimum Gasteiger partial charge on any atom is -0.481 e. The van der Waals surface area contributed by atoms with Crippen LogP contribution in [0, 0.1) is 0 Å². The lowest BCUT2D eigenvalue weighted by molar-refractivity contribution is -0.152. The molecule has 0 saturated heterocycles. The van der Waals surface area contributed by atoms with Gasteiger partial charge in [-0.25, -0.2) is 4.98 Å². The minimum absolute atomic E-state index is 0.259. The number of hydrogen-bond donors (Lipinski definition) is 2. The summed E-state index contributed by atoms with van der Waals surface area (Å²) < 4.78 is 0. The second-order valence-corrected chi connectivity index (χ2v) is 4.72. The van der Waals surface area contributed by atoms with E-state index in [-0.39, 0.29) is 12.8 Å². The highest BCUT2D eigenvalue weighted by atomic mass is 16.4. The highest BCUT2D eigenvalue weighted by Crippen LogP contribution is 2.46. The van der Waals surface area contributed by atoms with Crippen LogP contribution < -0.4 is 4.90 Å². The van der Waals surface area contributed by atoms with Gasteiger partial charge in [0.05, 0.1) is 6.10 Å². The monoisotopic (exact) mass is 236 g/mol. The number of rotatable bonds is 3. The van der Waals surface area contributed by atoms with Crippen LogP contribution in [0.25, 0.3) is 0 Å². The molecular formula is C12H16N2O3. The smallest absolute Gasteiger partial charge is 0.314 e. The third kappa shape index (κ3) is 1.76. The standard InChI is InChI=1S/C12H16N2O3/c1-14(2)10-9(4-3-5-13-10)12(11(16)17)6-8(15)7-12/h3-5,8,15H,6-7H2,1-2H3,(H,16,17). The van der Waals surface area contributed by atoms with Gasteiger partial charge in [0, 0.05) is 25.9 Å². The molecule has 2 N–H and O–H groups in total. The Balaban J connectivity index is 2.48. The Kier molecular flexibility index (Phi) is 2.79. The first kappa shape index (κ1) is 11.9. The lowest BCUT2D eigenvalue weighted by Gasteiger charge is -2.43. The number of anilines is 1. The molecule has 0 spiro atoms. The maximum absolute atomic E-state index is 11.5. The molecule has 1 aromatic rings. The molecule has 0 aromatic carbocycles. The molecule has 0 unspecified atom stereocenters. The average Bonchev–Trinajstić information content (AvgIpc) is 2.24. The number of carboxylic acids is 1. The summed E-state index contributed by atoms with van der Waals surface area (Å²) in [6, 6.07) is 3.51. The Bertz CT molecular complexity index is 439. The number of hydrogen-bond acceptors (Lipinski definition) is 4. The third-order valence-electron chi connectivity index (χ3n) is 3.30. The third-order valence-corrected chi connectivity index (χ3v) is 3.30. The molecule has 0 bridgehead atoms. The Morgan fingerprint density at radius 1 is 1.53 bits per heavy atom. The highest BCUT2D eigenvalue weighted by molar-refractivity contribution is 5.85. The first-order valence-corrected chi connectivity index (χ1v) is 5.51. The fraction of sp³-hybridized carbons (Fsp3) is 0.500. The Labute approximate surface area is 99.7 Å². The summed E-state index contributed by atoms with van der Waals surface area (Å²) in [4.78, 5) is 17.5. The molecule has 1 aliphatic carbocycles. The molecule has 0 radical (unpaired) electrons. The first-order valence-electron chi connectivity index (χ1n) is 5.51. The zero-order valence-electron chi connectivity index (χ0n) is 9.92. The van der Waals surface area contributed by atoms with Crippen LogP contribution in [0.2, 0.25) is 0 Å². The summed E-state index contributed by atoms with van der Waals surface area (Å²) in [7, 11) is 3.66. The van der Waals surface area contributed by atoms with Crippen LogP contribution >= 0.6 is 0 Å². The predicted octanol–water partition coefficient (Wildman–Crippen LogP) is 0.625. The molecule has 1 aromatic heterocycles. The molecule has 0 atom stereocenters. The SMILES string of the molecule is CN(C)c1ncccc1C1(C(=O)O)CC(O)C1. The Morgan fingerprint density at radius 3 is 2.65 bits per heavy atom. The maximum Gasteiger partial charge on any atom is 0.314 e. The van der Waals surface area contributed by atoms with Gasteiger partial charge in [-0.3, -0.25) is 4.79 Å². The van der Waals surface area contributed by atoms with E-state index < -0.39 is 17.5 Å². The van der Waals surface area contributed by atoms with Crippen molar-refractivity contribution < 1.29 is 15.0 Å². The number of aliphatic carboxylic acids is 1. The summed E-state index contributed by atoms with van der Waals surface area (Å²) in [6.45, 7) is 0. The molecule has 1 fully saturated rings. The molecule has 17 heavy (non-hydrogen) atoms. The molecular weight excluding hydrogens is 220 g/mol. The number of nitrogens with zero attached hydrogens (tertiary/aromatic N) is 2. The number of aliphatic hydroxyl groups is 1. The Hall–Kier alpha value is -1.62. The van der Waals surface area contributed by atoms with Gasteiger partial charge in [0.1, 0.15) is 11.2 Å². The van der Waals surface area contributed by atoms with E-state index in [1.54, 1.807) is 23.2 Å². The quantitative estimate of drug-likeness (QED) is 0.805. The van der Waals surface area contributed by atoms with E-state index in [0.29, 0.717) is 11.4 Å². The number of aliphatic hydroxyl groups excluding tert-OH is 1. The number of aromatic nitrogens is 1. The van der Waals surface area contributed by atoms with Gasteiger partial charge in [0.2, 0.25) is 0 Å². The number of pyridine rings is 1. The van der Waals surface area contributed by atoms with Crippen molar-refractivity contribution in [3.05, 3.63) is 23.9 Å². The van der Waals surface area contributed by atoms with Crippen LogP contribution in [0.3, 0.4) is 0 Å². The van der Waals surface area contributed by atoms with E-state index in [9.17, 15) is 15.0 Å². The van der Waals surface area contributed by atoms with E-state index in [1.807, 2.05) is 14.1 Å². The van der Waals surface area contributed by atoms with Gasteiger partial charge in [-0.2, -0.15) is 0 Å². The molecule has 92 valence electrons. The lowest BCUT2D eigenvalue weighted by atomic mass is 9.62. The zero-order chi connectivity index (χ0) is 12.6. The zero-order valence-corrected chi connectivity index (χ0v) is 9.92. The van der Waals surface area contributed by atoms with Crippen LogP contribution in [-0.2, 0) is 10.2 Å². The van der Waals surface area contributed by atoms with Gasteiger partial charge in [-0.05, 0) is 18.9 Å². The molecule has 5 heteroatoms. The molecule has 1 heterocycles. The Morgan fingerprint density at radius 2 is 2.18 bits per heavy atom. The molecule has 5 nitrogen and oxygen atoms in total. The highest BCUT2D eigenvalue weighted by Gasteiger charge is 2.52. The van der Waals surface area contributed by atoms with Gasteiger partial charge in [0.25, 0.3) is 0 Å². The van der Waals surface area contributed by atoms with Crippen LogP contribution in [-0.4, -0.2) is 41.4 Å². The molecule has 1 aliphatic rings. The van der Waals surface area contributed by atoms with E-state index >= 15 is 0 Å². The predicted molar refractivity (Wildman–Crippen MR) is 63.1 cm³/mol. The fourth-order valence-corrected chi connectivity index (χ4v) is 2.38. The number of carboxylic acid groups (broad SMARTS) is 1. The molecule has 0 amide bonds. The maximum atomic E-state index is 11.5. The van der Waals surface area contributed by atoms with E-state index in [2.05, 4.69) is 4.98 Å². The van der Waals surface area contributed by atoms with Crippen molar-refractivity contribution in [1.82, 2.24) is 4.98 Å². The van der Waals surface area contributed by atoms with Gasteiger partial charge in [-0.1, -0.05) is 6.07 Å². The van der Waals surface area contributed by atoms with Crippen LogP contribution in [0.4, 0.5) is 5.82 Å². The van der Waals surface area contributed by atoms with Crippen molar-refractivity contribution in [2.75, 3.05) is 19.0 Å². The lowest BCUT2D eigenvalue weighted by Crippen LogP contribution is -2.51. The van der Waals surface area contributed by atoms with E-state index in [4.69, 9.17) is 0 Å². The number of carbonyl (C=O) groups is 1. The van der Waals surface area contributed by atoms with Gasteiger partial charge < -0.3 is 15.1 Å². The first-order chi connectivity index (χ1) is 7.97. The van der Waals surface area contributed by atoms with Gasteiger partial charge in [-0.15, -0.1) is 0 Å². The van der Waals surface area contributed by atoms with E-state index in [0.717, 1.165) is 0 Å². The van der Waals surface area contributed by atoms with Gasteiger partial charge in [0.15, 0.2) is 0 Å². The van der Waals surface area contributed by atoms with Crippen molar-refractivity contribution in [3.63, 3.8) is 0 Å². The average molecular weight is 236 g/mol. The van der Waals surface area contributed by atoms with Gasteiger partial charge >= 0.3 is 5.97 Å². The van der Waals surface area contributed by atoms with Crippen LogP contribution in [0.5, 0.6) is 0 Å². The second kappa shape index (κ2) is 4.00. The topological polar surface area (TPSA) is 73.7 Å². The minimum atomic E-state index is -0.979. The largest absolute Gasteiger partial charge is 0.481 e. The fourth-order valence-electron chi connectivity index (χ4n) is 2.38. The van der Waals surface area contributed by atoms with Crippen molar-refractivity contribution in [1.29, 1.82) is 0 Å². The van der Waals surface area contributed by atoms with Crippen LogP contribution in [0.15, 0.2) is 18.3 Å². The van der Waals surface area contributed by atoms with Crippen molar-refractivity contribution in [3.8, 4) is 0 Å². The van der Waals surface area contributed by atoms with E-state index in [1.165, 1.54) is 0 Å². The normalized spacial score (nSPS) is 27.4. The molecule has 2 rings (SSSR count). The van der Waals surface area contributed by atoms with Crippen LogP contribution in [0.1, 0.15) is 18.4 Å².